The summed E-state index contributed by atoms with van der Waals surface area (Å²) in [4.78, 5) is 40.8. The number of amides is 2. The van der Waals surface area contributed by atoms with Gasteiger partial charge in [0.2, 0.25) is 5.88 Å². The van der Waals surface area contributed by atoms with Crippen LogP contribution in [0.3, 0.4) is 0 Å². The standard InChI is InChI=1S/C17H22N4O4S2/c1-5-18-12(22)10(13(23)19(6-2)16(18)26)9-11-14(24)20(7-3)17(27)21(8-4)15(11)25/h9,22H,5-8H2,1-4H3. The fourth-order valence-electron chi connectivity index (χ4n) is 2.93. The molecule has 0 unspecified atom stereocenters. The number of aromatic nitrogens is 2. The average molecular weight is 411 g/mol. The quantitative estimate of drug-likeness (QED) is 0.450. The van der Waals surface area contributed by atoms with Crippen molar-refractivity contribution in [2.75, 3.05) is 13.1 Å². The molecule has 0 aromatic carbocycles. The Balaban J connectivity index is 2.79. The average Bonchev–Trinajstić information content (AvgIpc) is 2.62. The topological polar surface area (TPSA) is 87.8 Å². The van der Waals surface area contributed by atoms with Gasteiger partial charge in [-0.25, -0.2) is 0 Å². The normalized spacial score (nSPS) is 15.0. The van der Waals surface area contributed by atoms with Gasteiger partial charge >= 0.3 is 0 Å². The molecule has 1 aromatic heterocycles. The van der Waals surface area contributed by atoms with Gasteiger partial charge in [-0.3, -0.25) is 33.3 Å². The zero-order valence-electron chi connectivity index (χ0n) is 15.7. The third-order valence-corrected chi connectivity index (χ3v) is 5.28. The van der Waals surface area contributed by atoms with Crippen LogP contribution in [0.4, 0.5) is 0 Å². The Morgan fingerprint density at radius 3 is 1.74 bits per heavy atom. The molecule has 10 heteroatoms. The van der Waals surface area contributed by atoms with Crippen molar-refractivity contribution in [1.29, 1.82) is 0 Å². The minimum atomic E-state index is -0.593. The van der Waals surface area contributed by atoms with Gasteiger partial charge in [0.1, 0.15) is 11.1 Å². The minimum Gasteiger partial charge on any atom is -0.494 e. The molecule has 0 bridgehead atoms. The molecule has 1 aromatic rings. The van der Waals surface area contributed by atoms with Crippen LogP contribution in [-0.2, 0) is 22.7 Å². The van der Waals surface area contributed by atoms with Crippen LogP contribution in [0.15, 0.2) is 10.4 Å². The number of thiocarbonyl (C=S) groups is 1. The van der Waals surface area contributed by atoms with Crippen molar-refractivity contribution in [3.63, 3.8) is 0 Å². The molecule has 1 aliphatic rings. The third-order valence-electron chi connectivity index (χ3n) is 4.40. The van der Waals surface area contributed by atoms with E-state index >= 15 is 0 Å². The maximum Gasteiger partial charge on any atom is 0.265 e. The zero-order chi connectivity index (χ0) is 20.5. The molecule has 0 atom stereocenters. The van der Waals surface area contributed by atoms with E-state index in [0.29, 0.717) is 13.1 Å². The van der Waals surface area contributed by atoms with Crippen LogP contribution in [0.2, 0.25) is 0 Å². The van der Waals surface area contributed by atoms with Crippen molar-refractivity contribution < 1.29 is 14.7 Å². The van der Waals surface area contributed by atoms with Crippen LogP contribution < -0.4 is 5.56 Å². The Labute approximate surface area is 167 Å². The lowest BCUT2D eigenvalue weighted by Crippen LogP contribution is -2.55. The summed E-state index contributed by atoms with van der Waals surface area (Å²) in [5, 5.41) is 10.7. The molecule has 1 N–H and O–H groups in total. The summed E-state index contributed by atoms with van der Waals surface area (Å²) in [5.41, 5.74) is -0.928. The molecule has 1 fully saturated rings. The summed E-state index contributed by atoms with van der Waals surface area (Å²) >= 11 is 10.5. The molecule has 146 valence electrons. The van der Waals surface area contributed by atoms with E-state index in [4.69, 9.17) is 24.4 Å². The number of likely N-dealkylation sites (N-methyl/N-ethyl adjacent to an activating group) is 2. The fourth-order valence-corrected chi connectivity index (χ4v) is 3.78. The summed E-state index contributed by atoms with van der Waals surface area (Å²) < 4.78 is 2.87. The molecule has 0 aliphatic carbocycles. The summed E-state index contributed by atoms with van der Waals surface area (Å²) in [5.74, 6) is -1.56. The van der Waals surface area contributed by atoms with Gasteiger partial charge in [0.15, 0.2) is 9.88 Å². The molecular formula is C17H22N4O4S2. The first kappa shape index (κ1) is 21.0. The predicted octanol–water partition coefficient (Wildman–Crippen LogP) is 1.50. The van der Waals surface area contributed by atoms with Crippen LogP contribution in [0.5, 0.6) is 5.88 Å². The van der Waals surface area contributed by atoms with Gasteiger partial charge in [-0.05, 0) is 58.2 Å². The lowest BCUT2D eigenvalue weighted by Gasteiger charge is -2.35. The zero-order valence-corrected chi connectivity index (χ0v) is 17.3. The van der Waals surface area contributed by atoms with Crippen LogP contribution in [-0.4, -0.2) is 54.1 Å². The first-order valence-electron chi connectivity index (χ1n) is 8.70. The highest BCUT2D eigenvalue weighted by atomic mass is 32.1. The van der Waals surface area contributed by atoms with E-state index in [1.165, 1.54) is 18.9 Å². The predicted molar refractivity (Wildman–Crippen MR) is 108 cm³/mol. The fraction of sp³-hybridized carbons (Fsp3) is 0.471. The van der Waals surface area contributed by atoms with E-state index in [2.05, 4.69) is 0 Å². The minimum absolute atomic E-state index is 0.131. The molecule has 27 heavy (non-hydrogen) atoms. The molecule has 0 spiro atoms. The molecule has 2 heterocycles. The monoisotopic (exact) mass is 410 g/mol. The number of hydrogen-bond donors (Lipinski definition) is 1. The summed E-state index contributed by atoms with van der Waals surface area (Å²) in [6.07, 6.45) is 1.14. The molecule has 8 nitrogen and oxygen atoms in total. The second-order valence-corrected chi connectivity index (χ2v) is 6.48. The van der Waals surface area contributed by atoms with Gasteiger partial charge in [0.25, 0.3) is 17.4 Å². The number of carbonyl (C=O) groups is 2. The molecular weight excluding hydrogens is 388 g/mol. The van der Waals surface area contributed by atoms with E-state index < -0.39 is 17.4 Å². The van der Waals surface area contributed by atoms with E-state index in [1.807, 2.05) is 0 Å². The highest BCUT2D eigenvalue weighted by Gasteiger charge is 2.38. The highest BCUT2D eigenvalue weighted by Crippen LogP contribution is 2.23. The molecule has 1 saturated heterocycles. The van der Waals surface area contributed by atoms with Gasteiger partial charge in [0, 0.05) is 26.2 Å². The van der Waals surface area contributed by atoms with Crippen LogP contribution in [0.1, 0.15) is 33.3 Å². The lowest BCUT2D eigenvalue weighted by atomic mass is 10.1. The van der Waals surface area contributed by atoms with Crippen molar-refractivity contribution in [2.24, 2.45) is 0 Å². The van der Waals surface area contributed by atoms with E-state index in [1.54, 1.807) is 27.7 Å². The molecule has 2 amide bonds. The maximum absolute atomic E-state index is 12.8. The molecule has 0 radical (unpaired) electrons. The van der Waals surface area contributed by atoms with Crippen molar-refractivity contribution in [2.45, 2.75) is 40.8 Å². The van der Waals surface area contributed by atoms with Gasteiger partial charge in [0.05, 0.1) is 0 Å². The second kappa shape index (κ2) is 8.13. The lowest BCUT2D eigenvalue weighted by molar-refractivity contribution is -0.133. The van der Waals surface area contributed by atoms with Crippen molar-refractivity contribution in [1.82, 2.24) is 18.9 Å². The van der Waals surface area contributed by atoms with Gasteiger partial charge in [-0.2, -0.15) is 0 Å². The van der Waals surface area contributed by atoms with Gasteiger partial charge < -0.3 is 5.11 Å². The SMILES string of the molecule is CCN1C(=O)C(=Cc2c(O)n(CC)c(=S)n(CC)c2=O)C(=O)N(CC)C1=S. The Kier molecular flexibility index (Phi) is 6.32. The molecule has 0 saturated carbocycles. The largest absolute Gasteiger partial charge is 0.494 e. The number of carbonyl (C=O) groups excluding carboxylic acids is 2. The van der Waals surface area contributed by atoms with Crippen molar-refractivity contribution in [3.8, 4) is 5.88 Å². The smallest absolute Gasteiger partial charge is 0.265 e. The number of hydrogen-bond acceptors (Lipinski definition) is 6. The molecule has 1 aliphatic heterocycles. The summed E-state index contributed by atoms with van der Waals surface area (Å²) in [7, 11) is 0. The third kappa shape index (κ3) is 3.34. The number of aromatic hydroxyl groups is 1. The Hall–Kier alpha value is -2.33. The van der Waals surface area contributed by atoms with Crippen molar-refractivity contribution >= 4 is 47.4 Å². The van der Waals surface area contributed by atoms with Crippen LogP contribution in [0.25, 0.3) is 6.08 Å². The van der Waals surface area contributed by atoms with Crippen molar-refractivity contribution in [3.05, 3.63) is 26.3 Å². The number of rotatable bonds is 5. The second-order valence-electron chi connectivity index (χ2n) is 5.75. The Morgan fingerprint density at radius 2 is 1.33 bits per heavy atom. The first-order chi connectivity index (χ1) is 12.7. The Morgan fingerprint density at radius 1 is 0.852 bits per heavy atom. The Bertz CT molecular complexity index is 933. The van der Waals surface area contributed by atoms with Crippen LogP contribution in [0, 0.1) is 4.77 Å². The first-order valence-corrected chi connectivity index (χ1v) is 9.52. The highest BCUT2D eigenvalue weighted by molar-refractivity contribution is 7.80. The summed E-state index contributed by atoms with van der Waals surface area (Å²) in [6, 6.07) is 0. The summed E-state index contributed by atoms with van der Waals surface area (Å²) in [6.45, 7) is 8.18. The maximum atomic E-state index is 12.8. The van der Waals surface area contributed by atoms with E-state index in [-0.39, 0.29) is 40.0 Å². The van der Waals surface area contributed by atoms with E-state index in [9.17, 15) is 19.5 Å². The van der Waals surface area contributed by atoms with Gasteiger partial charge in [-0.15, -0.1) is 0 Å². The van der Waals surface area contributed by atoms with E-state index in [0.717, 1.165) is 6.08 Å². The van der Waals surface area contributed by atoms with Gasteiger partial charge in [-0.1, -0.05) is 0 Å². The number of nitrogens with zero attached hydrogens (tertiary/aromatic N) is 4. The molecule has 2 rings (SSSR count). The van der Waals surface area contributed by atoms with Crippen LogP contribution >= 0.6 is 24.4 Å².